The number of para-hydroxylation sites is 3. The Balaban J connectivity index is 1.13. The van der Waals surface area contributed by atoms with Gasteiger partial charge in [0.2, 0.25) is 0 Å². The van der Waals surface area contributed by atoms with E-state index in [9.17, 15) is 0 Å². The highest BCUT2D eigenvalue weighted by atomic mass is 16.5. The van der Waals surface area contributed by atoms with Crippen molar-refractivity contribution in [3.8, 4) is 17.2 Å². The molecule has 4 unspecified atom stereocenters. The fraction of sp³-hybridized carbons (Fsp3) is 0.268. The first-order chi connectivity index (χ1) is 22.2. The van der Waals surface area contributed by atoms with Gasteiger partial charge in [0.1, 0.15) is 11.5 Å². The Labute approximate surface area is 264 Å². The maximum absolute atomic E-state index is 6.93. The number of aromatic nitrogens is 1. The molecule has 45 heavy (non-hydrogen) atoms. The van der Waals surface area contributed by atoms with Crippen LogP contribution in [0.2, 0.25) is 0 Å². The average molecular weight is 583 g/mol. The monoisotopic (exact) mass is 582 g/mol. The number of hydrogen-bond donors (Lipinski definition) is 0. The summed E-state index contributed by atoms with van der Waals surface area (Å²) in [5.41, 5.74) is 12.3. The third kappa shape index (κ3) is 3.04. The van der Waals surface area contributed by atoms with E-state index < -0.39 is 0 Å². The third-order valence-electron chi connectivity index (χ3n) is 12.5. The lowest BCUT2D eigenvalue weighted by Gasteiger charge is -2.53. The lowest BCUT2D eigenvalue weighted by Crippen LogP contribution is -2.62. The van der Waals surface area contributed by atoms with Crippen LogP contribution in [0, 0.1) is 11.8 Å². The van der Waals surface area contributed by atoms with Gasteiger partial charge in [-0.15, -0.1) is 0 Å². The van der Waals surface area contributed by atoms with Gasteiger partial charge in [-0.05, 0) is 90.3 Å². The largest absolute Gasteiger partial charge is 0.458 e. The molecule has 3 aliphatic heterocycles. The van der Waals surface area contributed by atoms with E-state index in [1.54, 1.807) is 5.56 Å². The molecule has 4 atom stereocenters. The standard InChI is InChI=1S/C41H35BN2O/c1-41-23-22-25-10-2-3-11-27(25)38(41)30-14-8-15-32-40(30)44(41)35-18-9-19-36-39(35)42(32)31-21-20-26(24-37(31)45-36)43-33-16-6-4-12-28(33)29-13-5-7-17-34(29)43/h4-9,12-21,24-25,27,38H,2-3,10-11,22-23H2,1H3. The molecule has 0 saturated heterocycles. The Hall–Kier alpha value is -4.44. The molecule has 218 valence electrons. The smallest absolute Gasteiger partial charge is 0.256 e. The van der Waals surface area contributed by atoms with Crippen LogP contribution >= 0.6 is 0 Å². The molecule has 5 aliphatic rings. The predicted octanol–water partition coefficient (Wildman–Crippen LogP) is 8.31. The van der Waals surface area contributed by atoms with Crippen LogP contribution in [0.15, 0.2) is 103 Å². The first kappa shape index (κ1) is 24.8. The molecule has 1 aromatic heterocycles. The average Bonchev–Trinajstić information content (AvgIpc) is 3.56. The second-order valence-electron chi connectivity index (χ2n) is 14.5. The van der Waals surface area contributed by atoms with E-state index in [1.165, 1.54) is 88.1 Å². The lowest BCUT2D eigenvalue weighted by atomic mass is 9.34. The van der Waals surface area contributed by atoms with Crippen LogP contribution in [0.1, 0.15) is 56.9 Å². The van der Waals surface area contributed by atoms with Gasteiger partial charge in [-0.25, -0.2) is 0 Å². The second kappa shape index (κ2) is 8.63. The first-order valence-electron chi connectivity index (χ1n) is 17.1. The zero-order chi connectivity index (χ0) is 29.4. The molecule has 0 spiro atoms. The van der Waals surface area contributed by atoms with Crippen LogP contribution < -0.4 is 26.0 Å². The number of fused-ring (bicyclic) bond motifs is 12. The molecule has 4 heteroatoms. The molecule has 3 nitrogen and oxygen atoms in total. The van der Waals surface area contributed by atoms with E-state index in [1.807, 2.05) is 0 Å². The van der Waals surface area contributed by atoms with Gasteiger partial charge in [-0.2, -0.15) is 0 Å². The zero-order valence-electron chi connectivity index (χ0n) is 25.7. The maximum Gasteiger partial charge on any atom is 0.256 e. The minimum atomic E-state index is 0.109. The number of hydrogen-bond acceptors (Lipinski definition) is 2. The van der Waals surface area contributed by atoms with Crippen molar-refractivity contribution >= 4 is 56.3 Å². The fourth-order valence-corrected chi connectivity index (χ4v) is 10.8. The number of rotatable bonds is 1. The minimum absolute atomic E-state index is 0.109. The molecule has 4 heterocycles. The fourth-order valence-electron chi connectivity index (χ4n) is 10.8. The predicted molar refractivity (Wildman–Crippen MR) is 186 cm³/mol. The molecule has 0 bridgehead atoms. The summed E-state index contributed by atoms with van der Waals surface area (Å²) in [6, 6.07) is 38.5. The van der Waals surface area contributed by atoms with Crippen LogP contribution in [0.25, 0.3) is 27.5 Å². The highest BCUT2D eigenvalue weighted by Crippen LogP contribution is 2.63. The topological polar surface area (TPSA) is 17.4 Å². The summed E-state index contributed by atoms with van der Waals surface area (Å²) in [6.07, 6.45) is 8.24. The highest BCUT2D eigenvalue weighted by Gasteiger charge is 2.59. The van der Waals surface area contributed by atoms with Crippen LogP contribution in [-0.4, -0.2) is 16.8 Å². The van der Waals surface area contributed by atoms with Crippen molar-refractivity contribution in [2.75, 3.05) is 4.90 Å². The highest BCUT2D eigenvalue weighted by molar-refractivity contribution is 6.99. The van der Waals surface area contributed by atoms with Gasteiger partial charge in [-0.3, -0.25) is 0 Å². The Morgan fingerprint density at radius 1 is 0.733 bits per heavy atom. The first-order valence-corrected chi connectivity index (χ1v) is 17.1. The summed E-state index contributed by atoms with van der Waals surface area (Å²) in [5, 5.41) is 2.56. The van der Waals surface area contributed by atoms with Gasteiger partial charge >= 0.3 is 0 Å². The Morgan fingerprint density at radius 2 is 1.51 bits per heavy atom. The van der Waals surface area contributed by atoms with E-state index in [2.05, 4.69) is 120 Å². The SMILES string of the molecule is CC12CCC3CCCCC3C1c1cccc3c1N2c1cccc2c1B3c1ccc(-n3c4ccccc4c4ccccc43)cc1O2. The van der Waals surface area contributed by atoms with Gasteiger partial charge in [0.05, 0.1) is 11.0 Å². The summed E-state index contributed by atoms with van der Waals surface area (Å²) in [6.45, 7) is 2.76. The number of benzene rings is 5. The van der Waals surface area contributed by atoms with Crippen LogP contribution in [0.4, 0.5) is 11.4 Å². The van der Waals surface area contributed by atoms with Crippen molar-refractivity contribution < 1.29 is 4.74 Å². The summed E-state index contributed by atoms with van der Waals surface area (Å²) in [7, 11) is 0. The Morgan fingerprint density at radius 3 is 2.36 bits per heavy atom. The van der Waals surface area contributed by atoms with Crippen LogP contribution in [0.5, 0.6) is 11.5 Å². The van der Waals surface area contributed by atoms with Crippen molar-refractivity contribution in [2.24, 2.45) is 11.8 Å². The van der Waals surface area contributed by atoms with Crippen LogP contribution in [0.3, 0.4) is 0 Å². The zero-order valence-corrected chi connectivity index (χ0v) is 25.7. The molecule has 11 rings (SSSR count). The summed E-state index contributed by atoms with van der Waals surface area (Å²) < 4.78 is 9.32. The minimum Gasteiger partial charge on any atom is -0.458 e. The molecule has 2 aliphatic carbocycles. The quantitative estimate of drug-likeness (QED) is 0.181. The molecule has 2 fully saturated rings. The van der Waals surface area contributed by atoms with E-state index >= 15 is 0 Å². The molecule has 5 aromatic carbocycles. The van der Waals surface area contributed by atoms with Gasteiger partial charge in [0.25, 0.3) is 6.71 Å². The van der Waals surface area contributed by atoms with Gasteiger partial charge in [-0.1, -0.05) is 86.0 Å². The molecule has 0 amide bonds. The lowest BCUT2D eigenvalue weighted by molar-refractivity contribution is 0.0967. The van der Waals surface area contributed by atoms with Crippen molar-refractivity contribution in [3.63, 3.8) is 0 Å². The number of nitrogens with zero attached hydrogens (tertiary/aromatic N) is 2. The number of ether oxygens (including phenoxy) is 1. The van der Waals surface area contributed by atoms with Crippen molar-refractivity contribution in [1.82, 2.24) is 4.57 Å². The van der Waals surface area contributed by atoms with Crippen molar-refractivity contribution in [2.45, 2.75) is 56.9 Å². The van der Waals surface area contributed by atoms with E-state index in [0.29, 0.717) is 5.92 Å². The normalized spacial score (nSPS) is 25.3. The van der Waals surface area contributed by atoms with E-state index in [-0.39, 0.29) is 12.3 Å². The third-order valence-corrected chi connectivity index (χ3v) is 12.5. The van der Waals surface area contributed by atoms with Gasteiger partial charge in [0.15, 0.2) is 0 Å². The van der Waals surface area contributed by atoms with E-state index in [4.69, 9.17) is 4.74 Å². The Bertz CT molecular complexity index is 2180. The second-order valence-corrected chi connectivity index (χ2v) is 14.5. The van der Waals surface area contributed by atoms with Crippen LogP contribution in [-0.2, 0) is 0 Å². The Kier molecular flexibility index (Phi) is 4.76. The maximum atomic E-state index is 6.93. The summed E-state index contributed by atoms with van der Waals surface area (Å²) in [5.74, 6) is 4.26. The van der Waals surface area contributed by atoms with E-state index in [0.717, 1.165) is 29.0 Å². The molecule has 0 N–H and O–H groups in total. The van der Waals surface area contributed by atoms with Gasteiger partial charge < -0.3 is 14.2 Å². The molecular weight excluding hydrogens is 547 g/mol. The molecule has 6 aromatic rings. The van der Waals surface area contributed by atoms with Crippen molar-refractivity contribution in [1.29, 1.82) is 0 Å². The molecule has 2 saturated carbocycles. The van der Waals surface area contributed by atoms with Gasteiger partial charge in [0, 0.05) is 45.4 Å². The summed E-state index contributed by atoms with van der Waals surface area (Å²) >= 11 is 0. The number of anilines is 2. The van der Waals surface area contributed by atoms with Crippen molar-refractivity contribution in [3.05, 3.63) is 109 Å². The molecular formula is C41H35BN2O. The molecule has 0 radical (unpaired) electrons. The summed E-state index contributed by atoms with van der Waals surface area (Å²) in [4.78, 5) is 2.79.